The van der Waals surface area contributed by atoms with Gasteiger partial charge in [0.2, 0.25) is 0 Å². The van der Waals surface area contributed by atoms with Crippen LogP contribution in [0.2, 0.25) is 0 Å². The Bertz CT molecular complexity index is 574. The van der Waals surface area contributed by atoms with Gasteiger partial charge >= 0.3 is 0 Å². The zero-order valence-electron chi connectivity index (χ0n) is 10.4. The summed E-state index contributed by atoms with van der Waals surface area (Å²) in [7, 11) is 0. The highest BCUT2D eigenvalue weighted by atomic mass is 79.9. The van der Waals surface area contributed by atoms with E-state index in [2.05, 4.69) is 63.7 Å². The number of alkyl halides is 1. The molecule has 0 aromatic heterocycles. The van der Waals surface area contributed by atoms with Crippen molar-refractivity contribution in [3.05, 3.63) is 65.2 Å². The van der Waals surface area contributed by atoms with E-state index in [1.54, 1.807) is 6.07 Å². The molecule has 0 saturated carbocycles. The van der Waals surface area contributed by atoms with E-state index in [4.69, 9.17) is 0 Å². The Morgan fingerprint density at radius 3 is 2.05 bits per heavy atom. The predicted octanol–water partition coefficient (Wildman–Crippen LogP) is 7.34. The van der Waals surface area contributed by atoms with E-state index in [1.165, 1.54) is 6.07 Å². The number of rotatable bonds is 1. The van der Waals surface area contributed by atoms with Crippen LogP contribution in [0.4, 0.5) is 8.78 Å². The molecule has 2 aromatic rings. The van der Waals surface area contributed by atoms with Crippen molar-refractivity contribution < 1.29 is 8.78 Å². The number of halogens is 6. The van der Waals surface area contributed by atoms with E-state index in [0.29, 0.717) is 10.0 Å². The van der Waals surface area contributed by atoms with Crippen LogP contribution in [-0.4, -0.2) is 0 Å². The molecule has 0 saturated heterocycles. The molecule has 0 aliphatic heterocycles. The molecule has 0 heterocycles. The summed E-state index contributed by atoms with van der Waals surface area (Å²) < 4.78 is 27.7. The Hall–Kier alpha value is 0.220. The maximum atomic E-state index is 12.9. The van der Waals surface area contributed by atoms with Crippen LogP contribution < -0.4 is 0 Å². The molecule has 0 amide bonds. The van der Waals surface area contributed by atoms with Crippen LogP contribution in [0.3, 0.4) is 0 Å². The van der Waals surface area contributed by atoms with Gasteiger partial charge in [0.1, 0.15) is 12.5 Å². The zero-order valence-corrected chi connectivity index (χ0v) is 16.7. The number of hydrogen-bond donors (Lipinski definition) is 0. The quantitative estimate of drug-likeness (QED) is 0.265. The largest absolute Gasteiger partial charge is 0.246 e. The Kier molecular flexibility index (Phi) is 7.87. The SMILES string of the molecule is Cc1c(Br)cc(F)c(Br)c1Br.FCc1ccccc1Br. The van der Waals surface area contributed by atoms with Crippen molar-refractivity contribution in [2.75, 3.05) is 0 Å². The van der Waals surface area contributed by atoms with Crippen molar-refractivity contribution in [2.45, 2.75) is 13.6 Å². The molecule has 0 spiro atoms. The second-order valence-electron chi connectivity index (χ2n) is 3.82. The summed E-state index contributed by atoms with van der Waals surface area (Å²) >= 11 is 12.8. The molecule has 2 aromatic carbocycles. The third-order valence-corrected chi connectivity index (χ3v) is 6.34. The van der Waals surface area contributed by atoms with E-state index in [0.717, 1.165) is 19.0 Å². The summed E-state index contributed by atoms with van der Waals surface area (Å²) in [5.41, 5.74) is 1.69. The molecule has 0 atom stereocenters. The van der Waals surface area contributed by atoms with Crippen molar-refractivity contribution in [1.82, 2.24) is 0 Å². The first-order valence-corrected chi connectivity index (χ1v) is 8.64. The molecule has 0 aliphatic carbocycles. The van der Waals surface area contributed by atoms with Gasteiger partial charge in [0, 0.05) is 13.4 Å². The minimum atomic E-state index is -0.401. The molecule has 6 heteroatoms. The normalized spacial score (nSPS) is 9.95. The van der Waals surface area contributed by atoms with Crippen LogP contribution in [0.15, 0.2) is 48.2 Å². The summed E-state index contributed by atoms with van der Waals surface area (Å²) in [6.07, 6.45) is 0. The molecule has 0 fully saturated rings. The number of benzene rings is 2. The lowest BCUT2D eigenvalue weighted by molar-refractivity contribution is 0.484. The second kappa shape index (κ2) is 8.61. The maximum absolute atomic E-state index is 12.9. The summed E-state index contributed by atoms with van der Waals surface area (Å²) in [5.74, 6) is -0.269. The lowest BCUT2D eigenvalue weighted by Gasteiger charge is -2.04. The van der Waals surface area contributed by atoms with Gasteiger partial charge in [-0.2, -0.15) is 0 Å². The van der Waals surface area contributed by atoms with E-state index in [9.17, 15) is 8.78 Å². The topological polar surface area (TPSA) is 0 Å². The van der Waals surface area contributed by atoms with Gasteiger partial charge in [-0.05, 0) is 62.0 Å². The van der Waals surface area contributed by atoms with E-state index in [1.807, 2.05) is 25.1 Å². The highest BCUT2D eigenvalue weighted by Crippen LogP contribution is 2.33. The highest BCUT2D eigenvalue weighted by Gasteiger charge is 2.09. The molecule has 0 nitrogen and oxygen atoms in total. The molecule has 0 unspecified atom stereocenters. The summed E-state index contributed by atoms with van der Waals surface area (Å²) in [6, 6.07) is 8.70. The van der Waals surface area contributed by atoms with Crippen molar-refractivity contribution in [2.24, 2.45) is 0 Å². The van der Waals surface area contributed by atoms with Crippen molar-refractivity contribution in [3.8, 4) is 0 Å². The summed E-state index contributed by atoms with van der Waals surface area (Å²) in [5, 5.41) is 0. The molecular formula is C14H10Br4F2. The van der Waals surface area contributed by atoms with Crippen LogP contribution >= 0.6 is 63.7 Å². The van der Waals surface area contributed by atoms with E-state index in [-0.39, 0.29) is 5.82 Å². The lowest BCUT2D eigenvalue weighted by Crippen LogP contribution is -1.85. The molecule has 20 heavy (non-hydrogen) atoms. The van der Waals surface area contributed by atoms with Gasteiger partial charge in [0.05, 0.1) is 4.47 Å². The molecule has 0 aliphatic rings. The van der Waals surface area contributed by atoms with Crippen LogP contribution in [-0.2, 0) is 6.67 Å². The first-order chi connectivity index (χ1) is 9.38. The molecule has 2 rings (SSSR count). The van der Waals surface area contributed by atoms with Crippen molar-refractivity contribution in [3.63, 3.8) is 0 Å². The predicted molar refractivity (Wildman–Crippen MR) is 93.2 cm³/mol. The summed E-state index contributed by atoms with van der Waals surface area (Å²) in [4.78, 5) is 0. The fraction of sp³-hybridized carbons (Fsp3) is 0.143. The molecule has 0 N–H and O–H groups in total. The van der Waals surface area contributed by atoms with Gasteiger partial charge in [-0.25, -0.2) is 8.78 Å². The van der Waals surface area contributed by atoms with Gasteiger partial charge in [0.15, 0.2) is 0 Å². The first-order valence-electron chi connectivity index (χ1n) is 5.47. The Morgan fingerprint density at radius 1 is 0.950 bits per heavy atom. The summed E-state index contributed by atoms with van der Waals surface area (Å²) in [6.45, 7) is 1.50. The van der Waals surface area contributed by atoms with Gasteiger partial charge < -0.3 is 0 Å². The van der Waals surface area contributed by atoms with E-state index < -0.39 is 6.67 Å². The van der Waals surface area contributed by atoms with Gasteiger partial charge in [0.25, 0.3) is 0 Å². The third-order valence-electron chi connectivity index (χ3n) is 2.45. The fourth-order valence-electron chi connectivity index (χ4n) is 1.26. The number of hydrogen-bond acceptors (Lipinski definition) is 0. The second-order valence-corrected chi connectivity index (χ2v) is 7.11. The lowest BCUT2D eigenvalue weighted by atomic mass is 10.2. The first kappa shape index (κ1) is 18.3. The standard InChI is InChI=1S/C7H4Br3F.C7H6BrF/c1-3-4(8)2-5(11)7(10)6(3)9;8-7-4-2-1-3-6(7)5-9/h2H,1H3;1-4H,5H2. The minimum absolute atomic E-state index is 0.269. The van der Waals surface area contributed by atoms with Crippen LogP contribution in [0.25, 0.3) is 0 Å². The average Bonchev–Trinajstić information content (AvgIpc) is 2.44. The van der Waals surface area contributed by atoms with Crippen LogP contribution in [0.1, 0.15) is 11.1 Å². The molecule has 0 bridgehead atoms. The van der Waals surface area contributed by atoms with Gasteiger partial charge in [-0.15, -0.1) is 0 Å². The minimum Gasteiger partial charge on any atom is -0.246 e. The van der Waals surface area contributed by atoms with Crippen LogP contribution in [0.5, 0.6) is 0 Å². The van der Waals surface area contributed by atoms with Gasteiger partial charge in [-0.1, -0.05) is 50.1 Å². The average molecular weight is 536 g/mol. The molecular weight excluding hydrogens is 526 g/mol. The Morgan fingerprint density at radius 2 is 1.55 bits per heavy atom. The van der Waals surface area contributed by atoms with Crippen molar-refractivity contribution >= 4 is 63.7 Å². The van der Waals surface area contributed by atoms with Crippen LogP contribution in [0, 0.1) is 12.7 Å². The molecule has 0 radical (unpaired) electrons. The monoisotopic (exact) mass is 532 g/mol. The highest BCUT2D eigenvalue weighted by molar-refractivity contribution is 9.13. The smallest absolute Gasteiger partial charge is 0.139 e. The maximum Gasteiger partial charge on any atom is 0.139 e. The van der Waals surface area contributed by atoms with Gasteiger partial charge in [-0.3, -0.25) is 0 Å². The molecule has 108 valence electrons. The van der Waals surface area contributed by atoms with Crippen molar-refractivity contribution in [1.29, 1.82) is 0 Å². The van der Waals surface area contributed by atoms with E-state index >= 15 is 0 Å². The fourth-order valence-corrected chi connectivity index (χ4v) is 3.13. The Balaban J connectivity index is 0.000000204. The third kappa shape index (κ3) is 4.90. The zero-order chi connectivity index (χ0) is 15.3. The Labute approximate surface area is 150 Å².